The molecule has 1 aliphatic rings. The molecule has 2 aromatic carbocycles. The van der Waals surface area contributed by atoms with Crippen LogP contribution in [0.15, 0.2) is 59.7 Å². The van der Waals surface area contributed by atoms with Gasteiger partial charge in [0.2, 0.25) is 0 Å². The van der Waals surface area contributed by atoms with Crippen LogP contribution in [0.2, 0.25) is 0 Å². The lowest BCUT2D eigenvalue weighted by Crippen LogP contribution is -2.25. The van der Waals surface area contributed by atoms with Crippen LogP contribution in [0, 0.1) is 0 Å². The zero-order chi connectivity index (χ0) is 17.2. The Morgan fingerprint density at radius 2 is 1.83 bits per heavy atom. The van der Waals surface area contributed by atoms with Crippen LogP contribution in [0.5, 0.6) is 0 Å². The number of anilines is 1. The monoisotopic (exact) mass is 333 g/mol. The van der Waals surface area contributed by atoms with Crippen LogP contribution in [-0.2, 0) is 6.18 Å². The van der Waals surface area contributed by atoms with Gasteiger partial charge in [0.05, 0.1) is 11.3 Å². The molecule has 126 valence electrons. The molecular formula is C18H18F3N3. The minimum atomic E-state index is -4.34. The van der Waals surface area contributed by atoms with Gasteiger partial charge in [-0.05, 0) is 30.7 Å². The molecule has 3 rings (SSSR count). The Morgan fingerprint density at radius 1 is 1.08 bits per heavy atom. The van der Waals surface area contributed by atoms with Gasteiger partial charge in [0.25, 0.3) is 0 Å². The van der Waals surface area contributed by atoms with Crippen LogP contribution >= 0.6 is 0 Å². The largest absolute Gasteiger partial charge is 0.416 e. The average Bonchev–Trinajstić information content (AvgIpc) is 3.03. The van der Waals surface area contributed by atoms with Crippen LogP contribution in [-0.4, -0.2) is 12.4 Å². The van der Waals surface area contributed by atoms with Gasteiger partial charge in [-0.2, -0.15) is 18.3 Å². The lowest BCUT2D eigenvalue weighted by molar-refractivity contribution is -0.137. The van der Waals surface area contributed by atoms with Crippen molar-refractivity contribution in [2.75, 3.05) is 11.6 Å². The van der Waals surface area contributed by atoms with Gasteiger partial charge in [0.1, 0.15) is 5.84 Å². The first-order valence-electron chi connectivity index (χ1n) is 7.77. The van der Waals surface area contributed by atoms with Crippen molar-refractivity contribution >= 4 is 11.5 Å². The molecule has 0 amide bonds. The summed E-state index contributed by atoms with van der Waals surface area (Å²) in [5, 5.41) is 9.35. The molecule has 6 heteroatoms. The van der Waals surface area contributed by atoms with Crippen molar-refractivity contribution in [1.82, 2.24) is 5.32 Å². The molecule has 0 saturated heterocycles. The number of nitrogens with zero attached hydrogens (tertiary/aromatic N) is 2. The predicted octanol–water partition coefficient (Wildman–Crippen LogP) is 4.58. The van der Waals surface area contributed by atoms with Gasteiger partial charge >= 0.3 is 6.18 Å². The van der Waals surface area contributed by atoms with E-state index in [1.165, 1.54) is 6.07 Å². The molecule has 0 radical (unpaired) electrons. The van der Waals surface area contributed by atoms with Crippen molar-refractivity contribution in [2.45, 2.75) is 25.6 Å². The number of hydrogen-bond donors (Lipinski definition) is 1. The third-order valence-corrected chi connectivity index (χ3v) is 3.96. The van der Waals surface area contributed by atoms with Gasteiger partial charge in [-0.1, -0.05) is 36.4 Å². The molecule has 0 fully saturated rings. The summed E-state index contributed by atoms with van der Waals surface area (Å²) in [7, 11) is 0. The Balaban J connectivity index is 1.72. The molecule has 0 bridgehead atoms. The molecule has 1 N–H and O–H groups in total. The van der Waals surface area contributed by atoms with E-state index in [0.717, 1.165) is 23.5 Å². The van der Waals surface area contributed by atoms with Crippen molar-refractivity contribution in [3.8, 4) is 0 Å². The number of amidine groups is 1. The van der Waals surface area contributed by atoms with Crippen molar-refractivity contribution in [3.05, 3.63) is 65.7 Å². The number of halogens is 3. The van der Waals surface area contributed by atoms with Crippen LogP contribution in [0.25, 0.3) is 0 Å². The van der Waals surface area contributed by atoms with Crippen LogP contribution in [0.4, 0.5) is 18.9 Å². The standard InChI is InChI=1S/C18H18F3N3/c1-13(14-6-3-2-4-7-14)22-17-10-11-24(23-17)16-9-5-8-15(12-16)18(19,20)21/h2-9,12-13H,10-11H2,1H3,(H,22,23). The summed E-state index contributed by atoms with van der Waals surface area (Å²) in [5.41, 5.74) is 0.931. The lowest BCUT2D eigenvalue weighted by Gasteiger charge is -2.16. The Labute approximate surface area is 138 Å². The number of rotatable bonds is 3. The smallest absolute Gasteiger partial charge is 0.365 e. The first kappa shape index (κ1) is 16.4. The van der Waals surface area contributed by atoms with E-state index in [4.69, 9.17) is 0 Å². The van der Waals surface area contributed by atoms with E-state index < -0.39 is 11.7 Å². The quantitative estimate of drug-likeness (QED) is 0.890. The van der Waals surface area contributed by atoms with E-state index in [1.807, 2.05) is 37.3 Å². The highest BCUT2D eigenvalue weighted by molar-refractivity contribution is 5.86. The zero-order valence-electron chi connectivity index (χ0n) is 13.2. The van der Waals surface area contributed by atoms with Crippen molar-refractivity contribution < 1.29 is 13.2 Å². The molecule has 0 aliphatic carbocycles. The molecule has 1 heterocycles. The summed E-state index contributed by atoms with van der Waals surface area (Å²) in [5.74, 6) is 0.781. The fraction of sp³-hybridized carbons (Fsp3) is 0.278. The number of benzene rings is 2. The number of hydrazone groups is 1. The van der Waals surface area contributed by atoms with Gasteiger partial charge < -0.3 is 5.32 Å². The predicted molar refractivity (Wildman–Crippen MR) is 88.8 cm³/mol. The van der Waals surface area contributed by atoms with E-state index in [9.17, 15) is 13.2 Å². The lowest BCUT2D eigenvalue weighted by atomic mass is 10.1. The van der Waals surface area contributed by atoms with Gasteiger partial charge in [-0.3, -0.25) is 5.01 Å². The fourth-order valence-electron chi connectivity index (χ4n) is 2.66. The summed E-state index contributed by atoms with van der Waals surface area (Å²) in [6.45, 7) is 2.59. The highest BCUT2D eigenvalue weighted by Crippen LogP contribution is 2.32. The molecule has 24 heavy (non-hydrogen) atoms. The second kappa shape index (κ2) is 6.55. The molecule has 2 aromatic rings. The number of hydrogen-bond acceptors (Lipinski definition) is 3. The Bertz CT molecular complexity index is 726. The first-order valence-corrected chi connectivity index (χ1v) is 7.77. The van der Waals surface area contributed by atoms with Gasteiger partial charge in [0, 0.05) is 19.0 Å². The second-order valence-corrected chi connectivity index (χ2v) is 5.74. The molecule has 0 saturated carbocycles. The summed E-state index contributed by atoms with van der Waals surface area (Å²) in [6, 6.07) is 15.3. The van der Waals surface area contributed by atoms with E-state index in [2.05, 4.69) is 10.4 Å². The maximum Gasteiger partial charge on any atom is 0.416 e. The van der Waals surface area contributed by atoms with E-state index in [-0.39, 0.29) is 6.04 Å². The maximum atomic E-state index is 12.8. The van der Waals surface area contributed by atoms with Gasteiger partial charge in [-0.25, -0.2) is 0 Å². The van der Waals surface area contributed by atoms with Crippen LogP contribution in [0.3, 0.4) is 0 Å². The molecular weight excluding hydrogens is 315 g/mol. The Kier molecular flexibility index (Phi) is 4.46. The van der Waals surface area contributed by atoms with Crippen molar-refractivity contribution in [2.24, 2.45) is 5.10 Å². The van der Waals surface area contributed by atoms with E-state index in [1.54, 1.807) is 11.1 Å². The summed E-state index contributed by atoms with van der Waals surface area (Å²) in [4.78, 5) is 0. The fourth-order valence-corrected chi connectivity index (χ4v) is 2.66. The molecule has 1 aliphatic heterocycles. The molecule has 1 unspecified atom stereocenters. The molecule has 0 aromatic heterocycles. The van der Waals surface area contributed by atoms with E-state index in [0.29, 0.717) is 18.7 Å². The summed E-state index contributed by atoms with van der Waals surface area (Å²) < 4.78 is 38.5. The molecule has 1 atom stereocenters. The topological polar surface area (TPSA) is 27.6 Å². The number of nitrogens with one attached hydrogen (secondary N) is 1. The Hall–Kier alpha value is -2.50. The van der Waals surface area contributed by atoms with Crippen molar-refractivity contribution in [1.29, 1.82) is 0 Å². The molecule has 0 spiro atoms. The maximum absolute atomic E-state index is 12.8. The zero-order valence-corrected chi connectivity index (χ0v) is 13.2. The van der Waals surface area contributed by atoms with Crippen molar-refractivity contribution in [3.63, 3.8) is 0 Å². The second-order valence-electron chi connectivity index (χ2n) is 5.74. The average molecular weight is 333 g/mol. The summed E-state index contributed by atoms with van der Waals surface area (Å²) in [6.07, 6.45) is -3.67. The number of alkyl halides is 3. The SMILES string of the molecule is CC(NC1=NN(c2cccc(C(F)(F)F)c2)CC1)c1ccccc1. The van der Waals surface area contributed by atoms with Crippen LogP contribution in [0.1, 0.15) is 30.5 Å². The Morgan fingerprint density at radius 3 is 2.54 bits per heavy atom. The first-order chi connectivity index (χ1) is 11.4. The highest BCUT2D eigenvalue weighted by Gasteiger charge is 2.31. The third kappa shape index (κ3) is 3.69. The third-order valence-electron chi connectivity index (χ3n) is 3.96. The van der Waals surface area contributed by atoms with Gasteiger partial charge in [0.15, 0.2) is 0 Å². The molecule has 3 nitrogen and oxygen atoms in total. The highest BCUT2D eigenvalue weighted by atomic mass is 19.4. The summed E-state index contributed by atoms with van der Waals surface area (Å²) >= 11 is 0. The van der Waals surface area contributed by atoms with Crippen LogP contribution < -0.4 is 10.3 Å². The van der Waals surface area contributed by atoms with E-state index >= 15 is 0 Å². The normalized spacial score (nSPS) is 16.0. The minimum absolute atomic E-state index is 0.0893. The van der Waals surface area contributed by atoms with Gasteiger partial charge in [-0.15, -0.1) is 0 Å². The minimum Gasteiger partial charge on any atom is -0.365 e.